The van der Waals surface area contributed by atoms with Gasteiger partial charge >= 0.3 is 0 Å². The molecule has 1 aromatic heterocycles. The van der Waals surface area contributed by atoms with Gasteiger partial charge in [-0.2, -0.15) is 5.26 Å². The third-order valence-electron chi connectivity index (χ3n) is 3.71. The number of pyridine rings is 1. The summed E-state index contributed by atoms with van der Waals surface area (Å²) in [6, 6.07) is 5.95. The second-order valence-electron chi connectivity index (χ2n) is 5.20. The van der Waals surface area contributed by atoms with Crippen LogP contribution in [0.1, 0.15) is 31.0 Å². The Balaban J connectivity index is 2.12. The lowest BCUT2D eigenvalue weighted by molar-refractivity contribution is 0.374. The van der Waals surface area contributed by atoms with E-state index in [2.05, 4.69) is 28.2 Å². The van der Waals surface area contributed by atoms with Gasteiger partial charge in [0.25, 0.3) is 0 Å². The highest BCUT2D eigenvalue weighted by Crippen LogP contribution is 2.19. The monoisotopic (exact) mass is 258 g/mol. The lowest BCUT2D eigenvalue weighted by Gasteiger charge is -2.30. The Labute approximate surface area is 115 Å². The Kier molecular flexibility index (Phi) is 4.75. The molecule has 1 fully saturated rings. The molecule has 0 spiro atoms. The molecular weight excluding hydrogens is 236 g/mol. The molecule has 1 saturated heterocycles. The second kappa shape index (κ2) is 6.53. The summed E-state index contributed by atoms with van der Waals surface area (Å²) in [5.41, 5.74) is 1.61. The van der Waals surface area contributed by atoms with Crippen molar-refractivity contribution in [2.75, 3.05) is 31.1 Å². The van der Waals surface area contributed by atoms with E-state index in [1.807, 2.05) is 19.1 Å². The van der Waals surface area contributed by atoms with Crippen LogP contribution in [0, 0.1) is 24.2 Å². The van der Waals surface area contributed by atoms with Gasteiger partial charge in [-0.25, -0.2) is 4.98 Å². The predicted octanol–water partition coefficient (Wildman–Crippen LogP) is 2.09. The van der Waals surface area contributed by atoms with Crippen LogP contribution in [0.4, 0.5) is 5.82 Å². The molecule has 0 aliphatic carbocycles. The zero-order valence-corrected chi connectivity index (χ0v) is 11.8. The maximum Gasteiger partial charge on any atom is 0.130 e. The first-order chi connectivity index (χ1) is 9.22. The molecule has 1 aromatic rings. The van der Waals surface area contributed by atoms with Crippen molar-refractivity contribution >= 4 is 5.82 Å². The Morgan fingerprint density at radius 1 is 1.42 bits per heavy atom. The Morgan fingerprint density at radius 2 is 2.16 bits per heavy atom. The number of nitriles is 1. The van der Waals surface area contributed by atoms with Crippen molar-refractivity contribution in [3.63, 3.8) is 0 Å². The van der Waals surface area contributed by atoms with Crippen molar-refractivity contribution in [1.82, 2.24) is 10.3 Å². The van der Waals surface area contributed by atoms with Crippen molar-refractivity contribution in [2.24, 2.45) is 5.92 Å². The van der Waals surface area contributed by atoms with E-state index in [9.17, 15) is 0 Å². The Hall–Kier alpha value is -1.60. The van der Waals surface area contributed by atoms with Crippen molar-refractivity contribution in [3.05, 3.63) is 23.4 Å². The average molecular weight is 258 g/mol. The summed E-state index contributed by atoms with van der Waals surface area (Å²) in [6.07, 6.45) is 2.46. The minimum absolute atomic E-state index is 0.700. The number of nitrogens with one attached hydrogen (secondary N) is 1. The van der Waals surface area contributed by atoms with Crippen molar-refractivity contribution in [1.29, 1.82) is 5.26 Å². The zero-order chi connectivity index (χ0) is 13.7. The van der Waals surface area contributed by atoms with E-state index in [1.165, 1.54) is 12.8 Å². The molecular formula is C15H22N4. The molecule has 0 saturated carbocycles. The van der Waals surface area contributed by atoms with Gasteiger partial charge in [0, 0.05) is 18.8 Å². The number of aromatic nitrogens is 1. The van der Waals surface area contributed by atoms with E-state index in [0.717, 1.165) is 43.6 Å². The van der Waals surface area contributed by atoms with Crippen LogP contribution in [-0.2, 0) is 0 Å². The van der Waals surface area contributed by atoms with Gasteiger partial charge < -0.3 is 10.2 Å². The summed E-state index contributed by atoms with van der Waals surface area (Å²) in [7, 11) is 0. The first-order valence-electron chi connectivity index (χ1n) is 7.07. The van der Waals surface area contributed by atoms with Gasteiger partial charge in [-0.1, -0.05) is 0 Å². The molecule has 1 N–H and O–H groups in total. The predicted molar refractivity (Wildman–Crippen MR) is 77.2 cm³/mol. The first kappa shape index (κ1) is 13.8. The molecule has 1 aliphatic heterocycles. The van der Waals surface area contributed by atoms with Gasteiger partial charge in [0.15, 0.2) is 0 Å². The number of hydrogen-bond acceptors (Lipinski definition) is 4. The van der Waals surface area contributed by atoms with Crippen LogP contribution in [0.3, 0.4) is 0 Å². The fourth-order valence-electron chi connectivity index (χ4n) is 2.64. The Morgan fingerprint density at radius 3 is 2.79 bits per heavy atom. The molecule has 0 aromatic carbocycles. The highest BCUT2D eigenvalue weighted by atomic mass is 15.2. The van der Waals surface area contributed by atoms with E-state index >= 15 is 0 Å². The standard InChI is InChI=1S/C15H22N4/c1-3-19(11-13-4-6-17-7-5-13)15-9-14(10-16)8-12(2)18-15/h8-9,13,17H,3-7,11H2,1-2H3. The number of anilines is 1. The van der Waals surface area contributed by atoms with Crippen LogP contribution < -0.4 is 10.2 Å². The molecule has 4 nitrogen and oxygen atoms in total. The normalized spacial score (nSPS) is 16.1. The number of piperidine rings is 1. The van der Waals surface area contributed by atoms with E-state index in [4.69, 9.17) is 5.26 Å². The molecule has 1 aliphatic rings. The smallest absolute Gasteiger partial charge is 0.130 e. The summed E-state index contributed by atoms with van der Waals surface area (Å²) in [6.45, 7) is 8.31. The van der Waals surface area contributed by atoms with Gasteiger partial charge in [0.1, 0.15) is 5.82 Å². The quantitative estimate of drug-likeness (QED) is 0.898. The van der Waals surface area contributed by atoms with E-state index in [-0.39, 0.29) is 0 Å². The van der Waals surface area contributed by atoms with Crippen LogP contribution in [0.5, 0.6) is 0 Å². The molecule has 19 heavy (non-hydrogen) atoms. The van der Waals surface area contributed by atoms with Crippen molar-refractivity contribution < 1.29 is 0 Å². The molecule has 0 amide bonds. The number of hydrogen-bond donors (Lipinski definition) is 1. The van der Waals surface area contributed by atoms with Gasteiger partial charge in [-0.3, -0.25) is 0 Å². The lowest BCUT2D eigenvalue weighted by atomic mass is 9.97. The maximum atomic E-state index is 9.06. The van der Waals surface area contributed by atoms with Gasteiger partial charge in [-0.15, -0.1) is 0 Å². The molecule has 0 bridgehead atoms. The summed E-state index contributed by atoms with van der Waals surface area (Å²) in [5.74, 6) is 1.67. The van der Waals surface area contributed by atoms with E-state index < -0.39 is 0 Å². The molecule has 2 rings (SSSR count). The highest BCUT2D eigenvalue weighted by molar-refractivity contribution is 5.46. The fourth-order valence-corrected chi connectivity index (χ4v) is 2.64. The van der Waals surface area contributed by atoms with Crippen LogP contribution in [-0.4, -0.2) is 31.2 Å². The van der Waals surface area contributed by atoms with Gasteiger partial charge in [0.2, 0.25) is 0 Å². The number of nitrogens with zero attached hydrogens (tertiary/aromatic N) is 3. The van der Waals surface area contributed by atoms with E-state index in [1.54, 1.807) is 0 Å². The number of rotatable bonds is 4. The molecule has 102 valence electrons. The average Bonchev–Trinajstić information content (AvgIpc) is 2.45. The highest BCUT2D eigenvalue weighted by Gasteiger charge is 2.17. The summed E-state index contributed by atoms with van der Waals surface area (Å²) < 4.78 is 0. The van der Waals surface area contributed by atoms with Crippen LogP contribution in [0.25, 0.3) is 0 Å². The van der Waals surface area contributed by atoms with Crippen LogP contribution in [0.15, 0.2) is 12.1 Å². The third-order valence-corrected chi connectivity index (χ3v) is 3.71. The zero-order valence-electron chi connectivity index (χ0n) is 11.8. The minimum atomic E-state index is 0.700. The molecule has 0 unspecified atom stereocenters. The SMILES string of the molecule is CCN(CC1CCNCC1)c1cc(C#N)cc(C)n1. The maximum absolute atomic E-state index is 9.06. The molecule has 4 heteroatoms. The largest absolute Gasteiger partial charge is 0.357 e. The summed E-state index contributed by atoms with van der Waals surface area (Å²) in [5, 5.41) is 12.5. The summed E-state index contributed by atoms with van der Waals surface area (Å²) in [4.78, 5) is 6.87. The topological polar surface area (TPSA) is 52.0 Å². The van der Waals surface area contributed by atoms with Gasteiger partial charge in [-0.05, 0) is 57.8 Å². The van der Waals surface area contributed by atoms with Crippen LogP contribution >= 0.6 is 0 Å². The van der Waals surface area contributed by atoms with Crippen molar-refractivity contribution in [2.45, 2.75) is 26.7 Å². The van der Waals surface area contributed by atoms with Crippen LogP contribution in [0.2, 0.25) is 0 Å². The second-order valence-corrected chi connectivity index (χ2v) is 5.20. The number of aryl methyl sites for hydroxylation is 1. The summed E-state index contributed by atoms with van der Waals surface area (Å²) >= 11 is 0. The van der Waals surface area contributed by atoms with Crippen molar-refractivity contribution in [3.8, 4) is 6.07 Å². The minimum Gasteiger partial charge on any atom is -0.357 e. The molecule has 2 heterocycles. The first-order valence-corrected chi connectivity index (χ1v) is 7.07. The third kappa shape index (κ3) is 3.68. The van der Waals surface area contributed by atoms with E-state index in [0.29, 0.717) is 5.56 Å². The Bertz CT molecular complexity index is 458. The lowest BCUT2D eigenvalue weighted by Crippen LogP contribution is -2.36. The van der Waals surface area contributed by atoms with Gasteiger partial charge in [0.05, 0.1) is 11.6 Å². The molecule has 0 radical (unpaired) electrons. The fraction of sp³-hybridized carbons (Fsp3) is 0.600. The molecule has 0 atom stereocenters.